The van der Waals surface area contributed by atoms with Crippen LogP contribution in [0.5, 0.6) is 0 Å². The van der Waals surface area contributed by atoms with Gasteiger partial charge in [-0.2, -0.15) is 0 Å². The van der Waals surface area contributed by atoms with Crippen LogP contribution in [0.1, 0.15) is 0 Å². The monoisotopic (exact) mass is 404 g/mol. The van der Waals surface area contributed by atoms with Gasteiger partial charge in [0.25, 0.3) is 11.1 Å². The van der Waals surface area contributed by atoms with Crippen LogP contribution < -0.4 is 5.32 Å². The largest absolute Gasteiger partial charge is 0.411 e. The minimum Gasteiger partial charge on any atom is -0.411 e. The minimum absolute atomic E-state index is 0.140. The van der Waals surface area contributed by atoms with Crippen LogP contribution in [0, 0.1) is 17.5 Å². The normalized spacial score (nSPS) is 11.1. The van der Waals surface area contributed by atoms with Gasteiger partial charge in [-0.3, -0.25) is 4.79 Å². The highest BCUT2D eigenvalue weighted by Gasteiger charge is 2.17. The molecule has 0 atom stereocenters. The Morgan fingerprint density at radius 1 is 1.11 bits per heavy atom. The summed E-state index contributed by atoms with van der Waals surface area (Å²) in [7, 11) is 0. The summed E-state index contributed by atoms with van der Waals surface area (Å²) >= 11 is 0.932. The molecular formula is C18H11F3N4O2S. The molecule has 4 aromatic rings. The fourth-order valence-corrected chi connectivity index (χ4v) is 3.12. The molecule has 0 fully saturated rings. The molecule has 0 spiro atoms. The van der Waals surface area contributed by atoms with E-state index in [-0.39, 0.29) is 16.9 Å². The lowest BCUT2D eigenvalue weighted by molar-refractivity contribution is -0.113. The number of para-hydroxylation sites is 1. The van der Waals surface area contributed by atoms with Crippen molar-refractivity contribution in [3.63, 3.8) is 0 Å². The van der Waals surface area contributed by atoms with Crippen molar-refractivity contribution in [1.82, 2.24) is 15.2 Å². The van der Waals surface area contributed by atoms with Gasteiger partial charge in [-0.15, -0.1) is 10.2 Å². The van der Waals surface area contributed by atoms with Crippen molar-refractivity contribution >= 4 is 34.3 Å². The smallest absolute Gasteiger partial charge is 0.277 e. The highest BCUT2D eigenvalue weighted by molar-refractivity contribution is 7.99. The number of benzene rings is 2. The number of fused-ring (bicyclic) bond motifs is 1. The second kappa shape index (κ2) is 7.39. The Bertz CT molecular complexity index is 1170. The van der Waals surface area contributed by atoms with Crippen molar-refractivity contribution < 1.29 is 22.4 Å². The number of nitrogens with one attached hydrogen (secondary N) is 2. The molecule has 0 radical (unpaired) electrons. The van der Waals surface area contributed by atoms with Crippen LogP contribution in [0.15, 0.2) is 52.2 Å². The van der Waals surface area contributed by atoms with Gasteiger partial charge in [0.1, 0.15) is 0 Å². The third kappa shape index (κ3) is 3.46. The van der Waals surface area contributed by atoms with Crippen molar-refractivity contribution in [3.8, 4) is 11.5 Å². The summed E-state index contributed by atoms with van der Waals surface area (Å²) in [5, 5.41) is 11.1. The first-order valence-corrected chi connectivity index (χ1v) is 8.97. The number of nitrogens with zero attached hydrogens (tertiary/aromatic N) is 2. The van der Waals surface area contributed by atoms with Gasteiger partial charge in [0.15, 0.2) is 17.5 Å². The van der Waals surface area contributed by atoms with Crippen molar-refractivity contribution in [2.24, 2.45) is 0 Å². The maximum Gasteiger partial charge on any atom is 0.277 e. The Kier molecular flexibility index (Phi) is 4.78. The molecule has 0 saturated carbocycles. The summed E-state index contributed by atoms with van der Waals surface area (Å²) in [6, 6.07) is 9.26. The molecule has 2 aromatic carbocycles. The summed E-state index contributed by atoms with van der Waals surface area (Å²) in [4.78, 5) is 15.0. The Labute approximate surface area is 160 Å². The van der Waals surface area contributed by atoms with Gasteiger partial charge in [-0.25, -0.2) is 13.2 Å². The number of aromatic amines is 1. The van der Waals surface area contributed by atoms with E-state index in [4.69, 9.17) is 4.42 Å². The van der Waals surface area contributed by atoms with E-state index in [2.05, 4.69) is 20.5 Å². The number of aromatic nitrogens is 3. The Balaban J connectivity index is 1.42. The molecule has 0 bridgehead atoms. The molecule has 4 rings (SSSR count). The fourth-order valence-electron chi connectivity index (χ4n) is 2.56. The zero-order valence-electron chi connectivity index (χ0n) is 14.0. The van der Waals surface area contributed by atoms with Gasteiger partial charge in [0, 0.05) is 17.1 Å². The highest BCUT2D eigenvalue weighted by Crippen LogP contribution is 2.29. The van der Waals surface area contributed by atoms with E-state index < -0.39 is 29.0 Å². The number of H-pyrrole nitrogens is 1. The van der Waals surface area contributed by atoms with Crippen molar-refractivity contribution in [2.45, 2.75) is 5.22 Å². The summed E-state index contributed by atoms with van der Waals surface area (Å²) in [5.74, 6) is -4.98. The van der Waals surface area contributed by atoms with E-state index in [0.717, 1.165) is 40.4 Å². The quantitative estimate of drug-likeness (QED) is 0.381. The Hall–Kier alpha value is -3.27. The summed E-state index contributed by atoms with van der Waals surface area (Å²) in [6.45, 7) is 0. The minimum atomic E-state index is -1.65. The van der Waals surface area contributed by atoms with Crippen LogP contribution in [0.3, 0.4) is 0 Å². The third-order valence-electron chi connectivity index (χ3n) is 3.86. The van der Waals surface area contributed by atoms with Crippen LogP contribution in [-0.4, -0.2) is 26.8 Å². The van der Waals surface area contributed by atoms with E-state index in [1.54, 1.807) is 6.20 Å². The molecular weight excluding hydrogens is 393 g/mol. The zero-order chi connectivity index (χ0) is 19.7. The second-order valence-corrected chi connectivity index (χ2v) is 6.61. The number of anilines is 1. The maximum atomic E-state index is 13.6. The lowest BCUT2D eigenvalue weighted by atomic mass is 10.2. The number of hydrogen-bond donors (Lipinski definition) is 2. The molecule has 0 aliphatic rings. The fraction of sp³-hybridized carbons (Fsp3) is 0.0556. The first-order valence-electron chi connectivity index (χ1n) is 7.99. The van der Waals surface area contributed by atoms with Gasteiger partial charge >= 0.3 is 0 Å². The molecule has 142 valence electrons. The number of amides is 1. The SMILES string of the molecule is O=C(CSc1nnc(-c2c[nH]c3ccccc23)o1)Nc1ccc(F)c(F)c1F. The summed E-state index contributed by atoms with van der Waals surface area (Å²) in [6.07, 6.45) is 1.74. The van der Waals surface area contributed by atoms with E-state index in [1.165, 1.54) is 0 Å². The van der Waals surface area contributed by atoms with Crippen LogP contribution in [0.2, 0.25) is 0 Å². The highest BCUT2D eigenvalue weighted by atomic mass is 32.2. The van der Waals surface area contributed by atoms with Crippen molar-refractivity contribution in [2.75, 3.05) is 11.1 Å². The first kappa shape index (κ1) is 18.1. The second-order valence-electron chi connectivity index (χ2n) is 5.68. The summed E-state index contributed by atoms with van der Waals surface area (Å²) < 4.78 is 45.3. The average Bonchev–Trinajstić information content (AvgIpc) is 3.33. The summed E-state index contributed by atoms with van der Waals surface area (Å²) in [5.41, 5.74) is 1.19. The third-order valence-corrected chi connectivity index (χ3v) is 4.68. The van der Waals surface area contributed by atoms with Crippen molar-refractivity contribution in [1.29, 1.82) is 0 Å². The lowest BCUT2D eigenvalue weighted by Crippen LogP contribution is -2.15. The van der Waals surface area contributed by atoms with E-state index in [1.807, 2.05) is 24.3 Å². The number of thioether (sulfide) groups is 1. The number of carbonyl (C=O) groups excluding carboxylic acids is 1. The number of carbonyl (C=O) groups is 1. The predicted molar refractivity (Wildman–Crippen MR) is 97.3 cm³/mol. The number of hydrogen-bond acceptors (Lipinski definition) is 5. The Morgan fingerprint density at radius 3 is 2.79 bits per heavy atom. The topological polar surface area (TPSA) is 83.8 Å². The zero-order valence-corrected chi connectivity index (χ0v) is 14.8. The average molecular weight is 404 g/mol. The standard InChI is InChI=1S/C18H11F3N4O2S/c19-11-5-6-13(16(21)15(11)20)23-14(26)8-28-18-25-24-17(27-18)10-7-22-12-4-2-1-3-9(10)12/h1-7,22H,8H2,(H,23,26). The van der Waals surface area contributed by atoms with E-state index in [0.29, 0.717) is 0 Å². The van der Waals surface area contributed by atoms with E-state index in [9.17, 15) is 18.0 Å². The van der Waals surface area contributed by atoms with Crippen LogP contribution in [0.4, 0.5) is 18.9 Å². The van der Waals surface area contributed by atoms with Gasteiger partial charge in [0.05, 0.1) is 17.0 Å². The molecule has 0 saturated heterocycles. The molecule has 0 unspecified atom stereocenters. The van der Waals surface area contributed by atoms with Crippen LogP contribution in [-0.2, 0) is 4.79 Å². The predicted octanol–water partition coefficient (Wildman–Crippen LogP) is 4.37. The molecule has 2 N–H and O–H groups in total. The van der Waals surface area contributed by atoms with Gasteiger partial charge in [-0.1, -0.05) is 30.0 Å². The molecule has 0 aliphatic heterocycles. The van der Waals surface area contributed by atoms with Gasteiger partial charge in [-0.05, 0) is 18.2 Å². The van der Waals surface area contributed by atoms with Crippen LogP contribution in [0.25, 0.3) is 22.4 Å². The molecule has 2 heterocycles. The molecule has 10 heteroatoms. The maximum absolute atomic E-state index is 13.6. The van der Waals surface area contributed by atoms with E-state index >= 15 is 0 Å². The van der Waals surface area contributed by atoms with Crippen molar-refractivity contribution in [3.05, 3.63) is 60.0 Å². The molecule has 0 aliphatic carbocycles. The van der Waals surface area contributed by atoms with Gasteiger partial charge in [0.2, 0.25) is 5.91 Å². The molecule has 28 heavy (non-hydrogen) atoms. The molecule has 2 aromatic heterocycles. The Morgan fingerprint density at radius 2 is 1.93 bits per heavy atom. The van der Waals surface area contributed by atoms with Crippen LogP contribution >= 0.6 is 11.8 Å². The number of rotatable bonds is 5. The lowest BCUT2D eigenvalue weighted by Gasteiger charge is -2.06. The number of halogens is 3. The first-order chi connectivity index (χ1) is 13.5. The van der Waals surface area contributed by atoms with Gasteiger partial charge < -0.3 is 14.7 Å². The molecule has 1 amide bonds. The molecule has 6 nitrogen and oxygen atoms in total.